The van der Waals surface area contributed by atoms with Gasteiger partial charge in [0.05, 0.1) is 12.4 Å². The molecule has 5 amide bonds. The molecule has 0 unspecified atom stereocenters. The van der Waals surface area contributed by atoms with Gasteiger partial charge in [-0.1, -0.05) is 44.2 Å². The summed E-state index contributed by atoms with van der Waals surface area (Å²) in [5.41, 5.74) is 12.4. The SMILES string of the molecule is CC(C)C[C@H](NC(=O)[C@H](Cc1cnc[nH]1)NC(=O)[C@@H]1CCCN1C(=O)[C@H](Cc1ccccc1)NC(=O)[C@@H](N)CCC(N)=O)C(=O)O. The van der Waals surface area contributed by atoms with Gasteiger partial charge in [0.15, 0.2) is 0 Å². The number of aromatic nitrogens is 2. The fourth-order valence-corrected chi connectivity index (χ4v) is 5.32. The largest absolute Gasteiger partial charge is 0.480 e. The van der Waals surface area contributed by atoms with Gasteiger partial charge in [-0.05, 0) is 37.2 Å². The molecule has 15 nitrogen and oxygen atoms in total. The molecule has 0 aliphatic carbocycles. The first kappa shape index (κ1) is 35.7. The summed E-state index contributed by atoms with van der Waals surface area (Å²) in [6.07, 6.45) is 3.94. The Morgan fingerprint density at radius 2 is 1.70 bits per heavy atom. The number of carbonyl (C=O) groups is 6. The van der Waals surface area contributed by atoms with Crippen molar-refractivity contribution in [2.45, 2.75) is 89.0 Å². The number of nitrogens with one attached hydrogen (secondary N) is 4. The van der Waals surface area contributed by atoms with Crippen LogP contribution in [0.3, 0.4) is 0 Å². The first-order valence-corrected chi connectivity index (χ1v) is 15.3. The normalized spacial score (nSPS) is 17.0. The molecule has 0 spiro atoms. The lowest BCUT2D eigenvalue weighted by molar-refractivity contribution is -0.143. The molecule has 1 aliphatic rings. The van der Waals surface area contributed by atoms with Crippen LogP contribution in [0.2, 0.25) is 0 Å². The predicted molar refractivity (Wildman–Crippen MR) is 166 cm³/mol. The third-order valence-electron chi connectivity index (χ3n) is 7.71. The van der Waals surface area contributed by atoms with Crippen LogP contribution in [0.5, 0.6) is 0 Å². The van der Waals surface area contributed by atoms with Crippen LogP contribution in [0, 0.1) is 5.92 Å². The summed E-state index contributed by atoms with van der Waals surface area (Å²) in [5.74, 6) is -4.24. The lowest BCUT2D eigenvalue weighted by Gasteiger charge is -2.30. The number of aromatic amines is 1. The monoisotopic (exact) mass is 640 g/mol. The molecule has 0 radical (unpaired) electrons. The maximum absolute atomic E-state index is 13.9. The number of nitrogens with zero attached hydrogens (tertiary/aromatic N) is 2. The number of aliphatic carboxylic acids is 1. The quantitative estimate of drug-likeness (QED) is 0.116. The molecule has 15 heteroatoms. The molecule has 1 aliphatic heterocycles. The molecule has 1 aromatic heterocycles. The van der Waals surface area contributed by atoms with E-state index in [1.165, 1.54) is 17.4 Å². The van der Waals surface area contributed by atoms with Crippen LogP contribution in [0.4, 0.5) is 0 Å². The Morgan fingerprint density at radius 3 is 2.30 bits per heavy atom. The minimum absolute atomic E-state index is 0.00183. The van der Waals surface area contributed by atoms with E-state index in [4.69, 9.17) is 11.5 Å². The highest BCUT2D eigenvalue weighted by atomic mass is 16.4. The van der Waals surface area contributed by atoms with E-state index in [0.717, 1.165) is 5.56 Å². The van der Waals surface area contributed by atoms with E-state index in [2.05, 4.69) is 25.9 Å². The summed E-state index contributed by atoms with van der Waals surface area (Å²) >= 11 is 0. The van der Waals surface area contributed by atoms with Crippen molar-refractivity contribution in [2.24, 2.45) is 17.4 Å². The number of carboxylic acids is 1. The minimum atomic E-state index is -1.19. The Kier molecular flexibility index (Phi) is 13.2. The van der Waals surface area contributed by atoms with Gasteiger partial charge in [0, 0.05) is 37.7 Å². The summed E-state index contributed by atoms with van der Waals surface area (Å²) < 4.78 is 0. The van der Waals surface area contributed by atoms with E-state index < -0.39 is 65.7 Å². The molecular formula is C31H44N8O7. The van der Waals surface area contributed by atoms with E-state index in [9.17, 15) is 33.9 Å². The molecule has 1 fully saturated rings. The molecule has 0 bridgehead atoms. The van der Waals surface area contributed by atoms with E-state index in [1.807, 2.05) is 19.9 Å². The van der Waals surface area contributed by atoms with Crippen LogP contribution in [0.1, 0.15) is 57.2 Å². The molecule has 1 saturated heterocycles. The lowest BCUT2D eigenvalue weighted by atomic mass is 10.0. The second-order valence-corrected chi connectivity index (χ2v) is 11.9. The van der Waals surface area contributed by atoms with E-state index in [0.29, 0.717) is 18.5 Å². The van der Waals surface area contributed by atoms with Gasteiger partial charge in [0.1, 0.15) is 24.2 Å². The van der Waals surface area contributed by atoms with Crippen molar-refractivity contribution < 1.29 is 33.9 Å². The first-order chi connectivity index (χ1) is 21.8. The highest BCUT2D eigenvalue weighted by Gasteiger charge is 2.39. The van der Waals surface area contributed by atoms with Crippen molar-refractivity contribution in [1.29, 1.82) is 0 Å². The summed E-state index contributed by atoms with van der Waals surface area (Å²) in [5, 5.41) is 17.6. The molecule has 5 atom stereocenters. The van der Waals surface area contributed by atoms with Gasteiger partial charge in [-0.2, -0.15) is 0 Å². The van der Waals surface area contributed by atoms with Crippen molar-refractivity contribution in [1.82, 2.24) is 30.8 Å². The van der Waals surface area contributed by atoms with Crippen LogP contribution in [-0.2, 0) is 41.6 Å². The van der Waals surface area contributed by atoms with Crippen LogP contribution in [-0.4, -0.2) is 92.2 Å². The number of imidazole rings is 1. The summed E-state index contributed by atoms with van der Waals surface area (Å²) in [7, 11) is 0. The topological polar surface area (TPSA) is 243 Å². The highest BCUT2D eigenvalue weighted by Crippen LogP contribution is 2.20. The van der Waals surface area contributed by atoms with Crippen LogP contribution in [0.15, 0.2) is 42.9 Å². The average molecular weight is 641 g/mol. The Balaban J connectivity index is 1.79. The van der Waals surface area contributed by atoms with Gasteiger partial charge in [0.25, 0.3) is 0 Å². The van der Waals surface area contributed by atoms with Crippen molar-refractivity contribution in [3.8, 4) is 0 Å². The van der Waals surface area contributed by atoms with Crippen molar-refractivity contribution in [3.05, 3.63) is 54.1 Å². The van der Waals surface area contributed by atoms with Crippen molar-refractivity contribution in [2.75, 3.05) is 6.54 Å². The molecule has 3 rings (SSSR count). The lowest BCUT2D eigenvalue weighted by Crippen LogP contribution is -2.58. The van der Waals surface area contributed by atoms with Gasteiger partial charge in [0.2, 0.25) is 29.5 Å². The van der Waals surface area contributed by atoms with Gasteiger partial charge in [-0.3, -0.25) is 24.0 Å². The number of hydrogen-bond acceptors (Lipinski definition) is 8. The number of primary amides is 1. The summed E-state index contributed by atoms with van der Waals surface area (Å²) in [6, 6.07) is 3.59. The van der Waals surface area contributed by atoms with Crippen LogP contribution >= 0.6 is 0 Å². The number of benzene rings is 1. The molecule has 1 aromatic carbocycles. The number of nitrogens with two attached hydrogens (primary N) is 2. The fourth-order valence-electron chi connectivity index (χ4n) is 5.32. The first-order valence-electron chi connectivity index (χ1n) is 15.3. The Morgan fingerprint density at radius 1 is 1.00 bits per heavy atom. The molecule has 2 heterocycles. The third-order valence-corrected chi connectivity index (χ3v) is 7.71. The zero-order valence-corrected chi connectivity index (χ0v) is 26.1. The fraction of sp³-hybridized carbons (Fsp3) is 0.516. The van der Waals surface area contributed by atoms with Crippen molar-refractivity contribution in [3.63, 3.8) is 0 Å². The van der Waals surface area contributed by atoms with Gasteiger partial charge < -0.3 is 42.4 Å². The van der Waals surface area contributed by atoms with Crippen molar-refractivity contribution >= 4 is 35.5 Å². The van der Waals surface area contributed by atoms with Crippen LogP contribution < -0.4 is 27.4 Å². The average Bonchev–Trinajstić information content (AvgIpc) is 3.71. The van der Waals surface area contributed by atoms with E-state index >= 15 is 0 Å². The predicted octanol–water partition coefficient (Wildman–Crippen LogP) is -0.636. The number of H-pyrrole nitrogens is 1. The Labute approximate surface area is 267 Å². The van der Waals surface area contributed by atoms with Gasteiger partial charge >= 0.3 is 5.97 Å². The molecule has 250 valence electrons. The maximum atomic E-state index is 13.9. The number of rotatable bonds is 17. The highest BCUT2D eigenvalue weighted by molar-refractivity contribution is 5.96. The standard InChI is InChI=1S/C31H44N8O7/c1-18(2)13-24(31(45)46)38-28(42)22(15-20-16-34-17-35-20)36-29(43)25-9-6-12-39(25)30(44)23(14-19-7-4-3-5-8-19)37-27(41)21(32)10-11-26(33)40/h3-5,7-8,16-18,21-25H,6,9-15,32H2,1-2H3,(H2,33,40)(H,34,35)(H,36,43)(H,37,41)(H,38,42)(H,45,46)/t21-,22-,23-,24-,25-/m0/s1. The zero-order valence-electron chi connectivity index (χ0n) is 26.1. The number of carbonyl (C=O) groups excluding carboxylic acids is 5. The molecule has 2 aromatic rings. The second-order valence-electron chi connectivity index (χ2n) is 11.9. The smallest absolute Gasteiger partial charge is 0.326 e. The molecule has 46 heavy (non-hydrogen) atoms. The van der Waals surface area contributed by atoms with Crippen LogP contribution in [0.25, 0.3) is 0 Å². The molecule has 9 N–H and O–H groups in total. The second kappa shape index (κ2) is 17.1. The zero-order chi connectivity index (χ0) is 33.8. The summed E-state index contributed by atoms with van der Waals surface area (Å²) in [4.78, 5) is 85.1. The third kappa shape index (κ3) is 10.7. The maximum Gasteiger partial charge on any atom is 0.326 e. The Bertz CT molecular complexity index is 1350. The molecular weight excluding hydrogens is 596 g/mol. The van der Waals surface area contributed by atoms with E-state index in [-0.39, 0.29) is 44.6 Å². The number of carboxylic acid groups (broad SMARTS) is 1. The Hall–Kier alpha value is -4.79. The summed E-state index contributed by atoms with van der Waals surface area (Å²) in [6.45, 7) is 3.90. The number of likely N-dealkylation sites (tertiary alicyclic amines) is 1. The number of amides is 5. The number of hydrogen-bond donors (Lipinski definition) is 7. The van der Waals surface area contributed by atoms with Gasteiger partial charge in [-0.15, -0.1) is 0 Å². The minimum Gasteiger partial charge on any atom is -0.480 e. The van der Waals surface area contributed by atoms with E-state index in [1.54, 1.807) is 24.3 Å². The van der Waals surface area contributed by atoms with Gasteiger partial charge in [-0.25, -0.2) is 9.78 Å². The molecule has 0 saturated carbocycles.